The maximum absolute atomic E-state index is 14.0. The maximum Gasteiger partial charge on any atom is 0.270 e. The fraction of sp³-hybridized carbons (Fsp3) is 0.500. The fourth-order valence-corrected chi connectivity index (χ4v) is 2.78. The lowest BCUT2D eigenvalue weighted by atomic mass is 10.0. The van der Waals surface area contributed by atoms with Crippen molar-refractivity contribution < 1.29 is 14.1 Å². The summed E-state index contributed by atoms with van der Waals surface area (Å²) in [5.41, 5.74) is 5.14. The van der Waals surface area contributed by atoms with Crippen LogP contribution in [-0.2, 0) is 0 Å². The van der Waals surface area contributed by atoms with Gasteiger partial charge in [0.1, 0.15) is 5.82 Å². The SMILES string of the molecule is Cc1cc([N+](=O)[O-])cc(C(=O)NC2CCCC2CN)c1F. The number of carbonyl (C=O) groups is 1. The monoisotopic (exact) mass is 295 g/mol. The van der Waals surface area contributed by atoms with Gasteiger partial charge in [0.05, 0.1) is 10.5 Å². The Balaban J connectivity index is 2.24. The van der Waals surface area contributed by atoms with Crippen LogP contribution in [0.4, 0.5) is 10.1 Å². The van der Waals surface area contributed by atoms with E-state index in [1.54, 1.807) is 0 Å². The quantitative estimate of drug-likeness (QED) is 0.654. The molecule has 1 saturated carbocycles. The highest BCUT2D eigenvalue weighted by Gasteiger charge is 2.29. The van der Waals surface area contributed by atoms with Crippen LogP contribution in [0.15, 0.2) is 12.1 Å². The Hall–Kier alpha value is -2.02. The van der Waals surface area contributed by atoms with Gasteiger partial charge >= 0.3 is 0 Å². The van der Waals surface area contributed by atoms with Crippen LogP contribution in [0.25, 0.3) is 0 Å². The van der Waals surface area contributed by atoms with E-state index in [-0.39, 0.29) is 28.8 Å². The highest BCUT2D eigenvalue weighted by Crippen LogP contribution is 2.26. The predicted molar refractivity (Wildman–Crippen MR) is 75.4 cm³/mol. The molecule has 0 radical (unpaired) electrons. The molecule has 0 aliphatic heterocycles. The van der Waals surface area contributed by atoms with Crippen LogP contribution in [-0.4, -0.2) is 23.4 Å². The summed E-state index contributed by atoms with van der Waals surface area (Å²) in [5, 5.41) is 13.6. The molecular weight excluding hydrogens is 277 g/mol. The number of aryl methyl sites for hydroxylation is 1. The van der Waals surface area contributed by atoms with E-state index in [1.165, 1.54) is 6.92 Å². The number of non-ortho nitro benzene ring substituents is 1. The number of halogens is 1. The molecule has 2 atom stereocenters. The van der Waals surface area contributed by atoms with Crippen LogP contribution >= 0.6 is 0 Å². The third-order valence-corrected chi connectivity index (χ3v) is 3.97. The Morgan fingerprint density at radius 2 is 2.24 bits per heavy atom. The summed E-state index contributed by atoms with van der Waals surface area (Å²) in [4.78, 5) is 22.4. The fourth-order valence-electron chi connectivity index (χ4n) is 2.78. The third-order valence-electron chi connectivity index (χ3n) is 3.97. The number of rotatable bonds is 4. The standard InChI is InChI=1S/C14H18FN3O3/c1-8-5-10(18(20)21)6-11(13(8)15)14(19)17-12-4-2-3-9(12)7-16/h5-6,9,12H,2-4,7,16H2,1H3,(H,17,19). The summed E-state index contributed by atoms with van der Waals surface area (Å²) in [6.07, 6.45) is 2.68. The minimum absolute atomic E-state index is 0.0798. The number of hydrogen-bond donors (Lipinski definition) is 2. The first-order valence-corrected chi connectivity index (χ1v) is 6.89. The molecule has 1 amide bonds. The summed E-state index contributed by atoms with van der Waals surface area (Å²) in [6, 6.07) is 2.00. The van der Waals surface area contributed by atoms with Gasteiger partial charge in [0.15, 0.2) is 0 Å². The first kappa shape index (κ1) is 15.4. The van der Waals surface area contributed by atoms with Gasteiger partial charge in [-0.1, -0.05) is 6.42 Å². The van der Waals surface area contributed by atoms with E-state index in [0.29, 0.717) is 6.54 Å². The maximum atomic E-state index is 14.0. The van der Waals surface area contributed by atoms with Gasteiger partial charge in [-0.05, 0) is 37.8 Å². The van der Waals surface area contributed by atoms with Crippen molar-refractivity contribution in [2.75, 3.05) is 6.54 Å². The molecule has 1 aliphatic rings. The van der Waals surface area contributed by atoms with E-state index >= 15 is 0 Å². The van der Waals surface area contributed by atoms with Crippen molar-refractivity contribution in [2.24, 2.45) is 11.7 Å². The van der Waals surface area contributed by atoms with Gasteiger partial charge < -0.3 is 11.1 Å². The lowest BCUT2D eigenvalue weighted by Gasteiger charge is -2.19. The van der Waals surface area contributed by atoms with E-state index in [4.69, 9.17) is 5.73 Å². The number of benzene rings is 1. The number of nitrogens with two attached hydrogens (primary N) is 1. The predicted octanol–water partition coefficient (Wildman–Crippen LogP) is 1.90. The van der Waals surface area contributed by atoms with Crippen molar-refractivity contribution in [3.05, 3.63) is 39.2 Å². The highest BCUT2D eigenvalue weighted by molar-refractivity contribution is 5.95. The lowest BCUT2D eigenvalue weighted by molar-refractivity contribution is -0.385. The molecule has 7 heteroatoms. The van der Waals surface area contributed by atoms with Crippen LogP contribution in [0.1, 0.15) is 35.2 Å². The topological polar surface area (TPSA) is 98.3 Å². The molecule has 0 bridgehead atoms. The number of nitro benzene ring substituents is 1. The number of nitro groups is 1. The van der Waals surface area contributed by atoms with Crippen molar-refractivity contribution in [3.8, 4) is 0 Å². The molecule has 1 aromatic carbocycles. The van der Waals surface area contributed by atoms with Gasteiger partial charge in [0.25, 0.3) is 11.6 Å². The molecule has 3 N–H and O–H groups in total. The minimum atomic E-state index is -0.722. The lowest BCUT2D eigenvalue weighted by Crippen LogP contribution is -2.40. The largest absolute Gasteiger partial charge is 0.349 e. The first-order chi connectivity index (χ1) is 9.93. The summed E-state index contributed by atoms with van der Waals surface area (Å²) in [7, 11) is 0. The van der Waals surface area contributed by atoms with Gasteiger partial charge in [-0.3, -0.25) is 14.9 Å². The second-order valence-electron chi connectivity index (χ2n) is 5.39. The average Bonchev–Trinajstić information content (AvgIpc) is 2.88. The molecule has 1 fully saturated rings. The number of nitrogens with one attached hydrogen (secondary N) is 1. The Kier molecular flexibility index (Phi) is 4.52. The zero-order valence-corrected chi connectivity index (χ0v) is 11.8. The van der Waals surface area contributed by atoms with Crippen LogP contribution in [0, 0.1) is 28.8 Å². The second-order valence-corrected chi connectivity index (χ2v) is 5.39. The first-order valence-electron chi connectivity index (χ1n) is 6.89. The summed E-state index contributed by atoms with van der Waals surface area (Å²) in [6.45, 7) is 1.86. The number of carbonyl (C=O) groups excluding carboxylic acids is 1. The molecular formula is C14H18FN3O3. The number of amides is 1. The van der Waals surface area contributed by atoms with Crippen LogP contribution in [0.3, 0.4) is 0 Å². The van der Waals surface area contributed by atoms with E-state index in [0.717, 1.165) is 31.4 Å². The molecule has 2 rings (SSSR count). The average molecular weight is 295 g/mol. The third kappa shape index (κ3) is 3.18. The summed E-state index contributed by atoms with van der Waals surface area (Å²) < 4.78 is 14.0. The molecule has 0 saturated heterocycles. The minimum Gasteiger partial charge on any atom is -0.349 e. The van der Waals surface area contributed by atoms with Crippen molar-refractivity contribution >= 4 is 11.6 Å². The Labute approximate surface area is 121 Å². The number of hydrogen-bond acceptors (Lipinski definition) is 4. The molecule has 0 heterocycles. The van der Waals surface area contributed by atoms with Crippen molar-refractivity contribution in [1.82, 2.24) is 5.32 Å². The van der Waals surface area contributed by atoms with Gasteiger partial charge in [0, 0.05) is 18.2 Å². The van der Waals surface area contributed by atoms with Crippen LogP contribution in [0.5, 0.6) is 0 Å². The van der Waals surface area contributed by atoms with Crippen molar-refractivity contribution in [2.45, 2.75) is 32.2 Å². The van der Waals surface area contributed by atoms with E-state index in [1.807, 2.05) is 0 Å². The van der Waals surface area contributed by atoms with Gasteiger partial charge in [-0.15, -0.1) is 0 Å². The van der Waals surface area contributed by atoms with E-state index < -0.39 is 16.6 Å². The second kappa shape index (κ2) is 6.17. The van der Waals surface area contributed by atoms with Gasteiger partial charge in [-0.2, -0.15) is 0 Å². The van der Waals surface area contributed by atoms with Gasteiger partial charge in [-0.25, -0.2) is 4.39 Å². The number of nitrogens with zero attached hydrogens (tertiary/aromatic N) is 1. The normalized spacial score (nSPS) is 21.3. The Bertz CT molecular complexity index is 577. The van der Waals surface area contributed by atoms with E-state index in [9.17, 15) is 19.3 Å². The molecule has 0 spiro atoms. The van der Waals surface area contributed by atoms with Crippen LogP contribution < -0.4 is 11.1 Å². The van der Waals surface area contributed by atoms with Crippen molar-refractivity contribution in [3.63, 3.8) is 0 Å². The summed E-state index contributed by atoms with van der Waals surface area (Å²) >= 11 is 0. The molecule has 21 heavy (non-hydrogen) atoms. The highest BCUT2D eigenvalue weighted by atomic mass is 19.1. The molecule has 1 aliphatic carbocycles. The Morgan fingerprint density at radius 1 is 1.52 bits per heavy atom. The zero-order valence-electron chi connectivity index (χ0n) is 11.8. The molecule has 2 unspecified atom stereocenters. The smallest absolute Gasteiger partial charge is 0.270 e. The molecule has 114 valence electrons. The zero-order chi connectivity index (χ0) is 15.6. The van der Waals surface area contributed by atoms with Gasteiger partial charge in [0.2, 0.25) is 0 Å². The van der Waals surface area contributed by atoms with Crippen molar-refractivity contribution in [1.29, 1.82) is 0 Å². The summed E-state index contributed by atoms with van der Waals surface area (Å²) in [5.74, 6) is -1.16. The molecule has 6 nitrogen and oxygen atoms in total. The molecule has 0 aromatic heterocycles. The Morgan fingerprint density at radius 3 is 2.86 bits per heavy atom. The van der Waals surface area contributed by atoms with Crippen LogP contribution in [0.2, 0.25) is 0 Å². The molecule has 1 aromatic rings. The van der Waals surface area contributed by atoms with E-state index in [2.05, 4.69) is 5.32 Å².